The first-order valence-corrected chi connectivity index (χ1v) is 3.95. The third kappa shape index (κ3) is 0.888. The Bertz CT molecular complexity index is 78.0. The van der Waals surface area contributed by atoms with E-state index in [0.717, 1.165) is 0 Å². The van der Waals surface area contributed by atoms with Gasteiger partial charge in [0.15, 0.2) is 0 Å². The lowest BCUT2D eigenvalue weighted by atomic mass is 9.82. The minimum absolute atomic E-state index is 1.17. The van der Waals surface area contributed by atoms with Gasteiger partial charge in [-0.15, -0.1) is 0 Å². The smallest absolute Gasteiger partial charge is 0.0411 e. The van der Waals surface area contributed by atoms with E-state index in [9.17, 15) is 0 Å². The zero-order valence-corrected chi connectivity index (χ0v) is 5.40. The Morgan fingerprint density at radius 2 is 1.50 bits per heavy atom. The average molecular weight is 110 g/mol. The largest absolute Gasteiger partial charge is 0.0528 e. The molecule has 0 saturated heterocycles. The summed E-state index contributed by atoms with van der Waals surface area (Å²) in [5, 5.41) is 0. The van der Waals surface area contributed by atoms with E-state index in [0.29, 0.717) is 0 Å². The summed E-state index contributed by atoms with van der Waals surface area (Å²) in [7, 11) is 0. The number of rotatable bonds is 2. The van der Waals surface area contributed by atoms with Gasteiger partial charge in [0.05, 0.1) is 0 Å². The molecule has 2 fully saturated rings. The number of hydrogen-bond donors (Lipinski definition) is 0. The van der Waals surface area contributed by atoms with Crippen LogP contribution < -0.4 is 0 Å². The molecule has 0 aromatic heterocycles. The third-order valence-electron chi connectivity index (χ3n) is 2.59. The minimum Gasteiger partial charge on any atom is -0.0528 e. The molecule has 0 aliphatic heterocycles. The van der Waals surface area contributed by atoms with Gasteiger partial charge in [0, 0.05) is 0 Å². The van der Waals surface area contributed by atoms with Crippen molar-refractivity contribution in [3.05, 3.63) is 0 Å². The lowest BCUT2D eigenvalue weighted by Gasteiger charge is -2.24. The van der Waals surface area contributed by atoms with Gasteiger partial charge in [0.25, 0.3) is 0 Å². The number of hydrogen-bond acceptors (Lipinski definition) is 0. The van der Waals surface area contributed by atoms with Crippen LogP contribution in [0.1, 0.15) is 38.5 Å². The van der Waals surface area contributed by atoms with Crippen molar-refractivity contribution in [2.75, 3.05) is 0 Å². The van der Waals surface area contributed by atoms with Gasteiger partial charge in [-0.3, -0.25) is 0 Å². The first-order chi connectivity index (χ1) is 3.95. The molecule has 2 aliphatic rings. The highest BCUT2D eigenvalue weighted by Crippen LogP contribution is 2.41. The summed E-state index contributed by atoms with van der Waals surface area (Å²) in [5.74, 6) is 2.35. The highest BCUT2D eigenvalue weighted by molar-refractivity contribution is 4.80. The van der Waals surface area contributed by atoms with Crippen LogP contribution in [0.3, 0.4) is 0 Å². The van der Waals surface area contributed by atoms with Crippen LogP contribution in [0, 0.1) is 11.8 Å². The highest BCUT2D eigenvalue weighted by Gasteiger charge is 2.27. The van der Waals surface area contributed by atoms with Crippen molar-refractivity contribution in [3.63, 3.8) is 0 Å². The van der Waals surface area contributed by atoms with Gasteiger partial charge >= 0.3 is 0 Å². The van der Waals surface area contributed by atoms with Crippen molar-refractivity contribution in [3.8, 4) is 0 Å². The molecule has 2 rings (SSSR count). The molecule has 46 valence electrons. The van der Waals surface area contributed by atoms with E-state index in [-0.39, 0.29) is 0 Å². The normalized spacial score (nSPS) is 30.0. The summed E-state index contributed by atoms with van der Waals surface area (Å²) >= 11 is 0. The summed E-state index contributed by atoms with van der Waals surface area (Å²) in [6, 6.07) is 0. The molecule has 0 spiro atoms. The molecule has 0 atom stereocenters. The molecule has 8 heavy (non-hydrogen) atoms. The van der Waals surface area contributed by atoms with Gasteiger partial charge in [-0.25, -0.2) is 0 Å². The maximum atomic E-state index is 1.58. The first-order valence-electron chi connectivity index (χ1n) is 3.95. The van der Waals surface area contributed by atoms with Crippen molar-refractivity contribution >= 4 is 0 Å². The van der Waals surface area contributed by atoms with E-state index in [2.05, 4.69) is 0 Å². The van der Waals surface area contributed by atoms with E-state index < -0.39 is 0 Å². The fourth-order valence-corrected chi connectivity index (χ4v) is 1.55. The van der Waals surface area contributed by atoms with Crippen LogP contribution in [0.15, 0.2) is 0 Å². The second kappa shape index (κ2) is 1.75. The van der Waals surface area contributed by atoms with Gasteiger partial charge < -0.3 is 0 Å². The van der Waals surface area contributed by atoms with Crippen molar-refractivity contribution in [1.82, 2.24) is 0 Å². The van der Waals surface area contributed by atoms with Gasteiger partial charge in [-0.05, 0) is 18.3 Å². The lowest BCUT2D eigenvalue weighted by molar-refractivity contribution is 0.283. The Kier molecular flexibility index (Phi) is 1.06. The predicted molar refractivity (Wildman–Crippen MR) is 34.7 cm³/mol. The van der Waals surface area contributed by atoms with Crippen LogP contribution in [0.4, 0.5) is 0 Å². The molecule has 0 unspecified atom stereocenters. The van der Waals surface area contributed by atoms with Crippen LogP contribution in [-0.2, 0) is 0 Å². The van der Waals surface area contributed by atoms with Crippen molar-refractivity contribution in [1.29, 1.82) is 0 Å². The first kappa shape index (κ1) is 4.84. The van der Waals surface area contributed by atoms with Gasteiger partial charge in [-0.2, -0.15) is 0 Å². The van der Waals surface area contributed by atoms with Gasteiger partial charge in [-0.1, -0.05) is 32.1 Å². The Balaban J connectivity index is 1.66. The molecule has 0 heterocycles. The molecule has 0 heteroatoms. The SMILES string of the molecule is C1CC(CC2CC2)C1. The third-order valence-corrected chi connectivity index (χ3v) is 2.59. The molecule has 2 saturated carbocycles. The van der Waals surface area contributed by atoms with E-state index in [1.807, 2.05) is 0 Å². The molecule has 0 N–H and O–H groups in total. The average Bonchev–Trinajstić information content (AvgIpc) is 2.36. The topological polar surface area (TPSA) is 0 Å². The molecular formula is C8H14. The lowest BCUT2D eigenvalue weighted by Crippen LogP contribution is -2.10. The maximum Gasteiger partial charge on any atom is -0.0411 e. The highest BCUT2D eigenvalue weighted by atomic mass is 14.3. The monoisotopic (exact) mass is 110 g/mol. The molecular weight excluding hydrogens is 96.1 g/mol. The van der Waals surface area contributed by atoms with Crippen LogP contribution in [0.25, 0.3) is 0 Å². The summed E-state index contributed by atoms with van der Waals surface area (Å²) in [6.07, 6.45) is 9.32. The molecule has 0 aromatic rings. The zero-order valence-electron chi connectivity index (χ0n) is 5.40. The molecule has 0 radical (unpaired) electrons. The summed E-state index contributed by atoms with van der Waals surface area (Å²) in [4.78, 5) is 0. The van der Waals surface area contributed by atoms with Gasteiger partial charge in [0.2, 0.25) is 0 Å². The zero-order chi connectivity index (χ0) is 5.40. The summed E-state index contributed by atoms with van der Waals surface area (Å²) in [5.41, 5.74) is 0. The van der Waals surface area contributed by atoms with E-state index in [1.165, 1.54) is 18.3 Å². The Morgan fingerprint density at radius 1 is 0.875 bits per heavy atom. The molecule has 0 aromatic carbocycles. The summed E-state index contributed by atoms with van der Waals surface area (Å²) < 4.78 is 0. The Labute approximate surface area is 51.3 Å². The van der Waals surface area contributed by atoms with Crippen LogP contribution in [0.5, 0.6) is 0 Å². The molecule has 0 amide bonds. The minimum atomic E-state index is 1.17. The standard InChI is InChI=1S/C8H14/c1-2-7(3-1)6-8-4-5-8/h7-8H,1-6H2. The van der Waals surface area contributed by atoms with Crippen molar-refractivity contribution in [2.45, 2.75) is 38.5 Å². The quantitative estimate of drug-likeness (QED) is 0.512. The van der Waals surface area contributed by atoms with Crippen molar-refractivity contribution in [2.24, 2.45) is 11.8 Å². The van der Waals surface area contributed by atoms with Crippen LogP contribution in [-0.4, -0.2) is 0 Å². The second-order valence-electron chi connectivity index (χ2n) is 3.48. The molecule has 2 aliphatic carbocycles. The van der Waals surface area contributed by atoms with E-state index >= 15 is 0 Å². The fourth-order valence-electron chi connectivity index (χ4n) is 1.55. The summed E-state index contributed by atoms with van der Waals surface area (Å²) in [6.45, 7) is 0. The second-order valence-corrected chi connectivity index (χ2v) is 3.48. The predicted octanol–water partition coefficient (Wildman–Crippen LogP) is 2.59. The van der Waals surface area contributed by atoms with Gasteiger partial charge in [0.1, 0.15) is 0 Å². The van der Waals surface area contributed by atoms with E-state index in [4.69, 9.17) is 0 Å². The van der Waals surface area contributed by atoms with E-state index in [1.54, 1.807) is 32.1 Å². The van der Waals surface area contributed by atoms with Crippen molar-refractivity contribution < 1.29 is 0 Å². The molecule has 0 nitrogen and oxygen atoms in total. The maximum absolute atomic E-state index is 1.58. The van der Waals surface area contributed by atoms with Crippen LogP contribution >= 0.6 is 0 Å². The van der Waals surface area contributed by atoms with Crippen LogP contribution in [0.2, 0.25) is 0 Å². The Morgan fingerprint density at radius 3 is 1.88 bits per heavy atom. The Hall–Kier alpha value is 0. The fraction of sp³-hybridized carbons (Fsp3) is 1.00. The molecule has 0 bridgehead atoms.